The number of aryl methyl sites for hydroxylation is 1. The molecule has 0 spiro atoms. The molecule has 0 bridgehead atoms. The Hall–Kier alpha value is -6.78. The fraction of sp³-hybridized carbons (Fsp3) is 0.423. The minimum Gasteiger partial charge on any atom is -0.392 e. The summed E-state index contributed by atoms with van der Waals surface area (Å²) in [5.74, 6) is 0.259. The van der Waals surface area contributed by atoms with E-state index < -0.39 is 5.41 Å². The highest BCUT2D eigenvalue weighted by molar-refractivity contribution is 6.07. The second-order valence-electron chi connectivity index (χ2n) is 20.5. The lowest BCUT2D eigenvalue weighted by atomic mass is 9.86. The molecule has 0 radical (unpaired) electrons. The standard InChI is InChI=1S/C52H61N11O5/c1-8-46(65)56-40-24-45(54-27-44(40)61-18-17-60(28-31(61)2)34-12-15-59(16-13-34)35-9-10-38-39(23-35)57-50(68)52(38,5)6)55-41-21-33(29-58(7)48(41)66)36-11-14-53-47(37(36)30-64)63-20-19-62-42(49(63)67)22-32-25-51(3,4)26-43(32)62/h8-11,14,21-24,27,29,31,34,64H,1,12-13,15-20,25-26,28,30H2,2-7H3,(H,57,68)(H2,54,55,56,65)/t31-/m0/s1. The van der Waals surface area contributed by atoms with Gasteiger partial charge >= 0.3 is 0 Å². The summed E-state index contributed by atoms with van der Waals surface area (Å²) < 4.78 is 3.62. The number of aromatic nitrogens is 4. The van der Waals surface area contributed by atoms with E-state index >= 15 is 0 Å². The third-order valence-electron chi connectivity index (χ3n) is 15.0. The molecule has 8 heterocycles. The van der Waals surface area contributed by atoms with E-state index in [1.807, 2.05) is 19.9 Å². The summed E-state index contributed by atoms with van der Waals surface area (Å²) in [4.78, 5) is 71.5. The van der Waals surface area contributed by atoms with Gasteiger partial charge < -0.3 is 40.0 Å². The van der Waals surface area contributed by atoms with Gasteiger partial charge in [0.25, 0.3) is 11.5 Å². The number of fused-ring (bicyclic) bond motifs is 4. The van der Waals surface area contributed by atoms with E-state index in [1.165, 1.54) is 21.9 Å². The van der Waals surface area contributed by atoms with Crippen LogP contribution in [0.15, 0.2) is 78.5 Å². The van der Waals surface area contributed by atoms with Gasteiger partial charge in [-0.25, -0.2) is 9.97 Å². The van der Waals surface area contributed by atoms with Crippen molar-refractivity contribution in [3.63, 3.8) is 0 Å². The minimum absolute atomic E-state index is 0.0378. The normalized spacial score (nSPS) is 19.9. The predicted octanol–water partition coefficient (Wildman–Crippen LogP) is 6.20. The fourth-order valence-electron chi connectivity index (χ4n) is 11.3. The van der Waals surface area contributed by atoms with Crippen LogP contribution in [0.3, 0.4) is 0 Å². The molecule has 1 aliphatic carbocycles. The van der Waals surface area contributed by atoms with E-state index in [4.69, 9.17) is 4.98 Å². The highest BCUT2D eigenvalue weighted by Crippen LogP contribution is 2.42. The van der Waals surface area contributed by atoms with E-state index in [2.05, 4.69) is 85.8 Å². The zero-order valence-electron chi connectivity index (χ0n) is 39.9. The second kappa shape index (κ2) is 17.1. The summed E-state index contributed by atoms with van der Waals surface area (Å²) in [5, 5.41) is 20.1. The first kappa shape index (κ1) is 45.0. The van der Waals surface area contributed by atoms with Gasteiger partial charge in [-0.2, -0.15) is 0 Å². The quantitative estimate of drug-likeness (QED) is 0.118. The van der Waals surface area contributed by atoms with Crippen LogP contribution in [0.1, 0.15) is 80.3 Å². The van der Waals surface area contributed by atoms with Gasteiger partial charge in [-0.15, -0.1) is 0 Å². The maximum absolute atomic E-state index is 14.1. The van der Waals surface area contributed by atoms with Gasteiger partial charge in [-0.1, -0.05) is 26.5 Å². The number of nitrogens with one attached hydrogen (secondary N) is 3. The first-order chi connectivity index (χ1) is 32.5. The van der Waals surface area contributed by atoms with Crippen LogP contribution >= 0.6 is 0 Å². The molecule has 4 aromatic heterocycles. The van der Waals surface area contributed by atoms with E-state index in [1.54, 1.807) is 48.7 Å². The number of carbonyl (C=O) groups is 3. The number of amides is 3. The number of nitrogens with zero attached hydrogens (tertiary/aromatic N) is 8. The third kappa shape index (κ3) is 7.92. The molecule has 4 N–H and O–H groups in total. The molecule has 2 fully saturated rings. The summed E-state index contributed by atoms with van der Waals surface area (Å²) in [6, 6.07) is 14.2. The van der Waals surface area contributed by atoms with Crippen LogP contribution in [0.5, 0.6) is 0 Å². The number of hydrogen-bond acceptors (Lipinski definition) is 11. The van der Waals surface area contributed by atoms with Crippen LogP contribution < -0.4 is 36.2 Å². The van der Waals surface area contributed by atoms with E-state index in [0.717, 1.165) is 81.0 Å². The third-order valence-corrected chi connectivity index (χ3v) is 15.0. The summed E-state index contributed by atoms with van der Waals surface area (Å²) in [6.45, 7) is 19.3. The lowest BCUT2D eigenvalue weighted by Gasteiger charge is -2.47. The fourth-order valence-corrected chi connectivity index (χ4v) is 11.3. The maximum Gasteiger partial charge on any atom is 0.276 e. The first-order valence-corrected chi connectivity index (χ1v) is 23.8. The highest BCUT2D eigenvalue weighted by atomic mass is 16.3. The van der Waals surface area contributed by atoms with Crippen molar-refractivity contribution >= 4 is 57.8 Å². The van der Waals surface area contributed by atoms with Crippen LogP contribution in [0.2, 0.25) is 0 Å². The monoisotopic (exact) mass is 919 g/mol. The largest absolute Gasteiger partial charge is 0.392 e. The van der Waals surface area contributed by atoms with Crippen molar-refractivity contribution in [2.45, 2.75) is 91.0 Å². The highest BCUT2D eigenvalue weighted by Gasteiger charge is 2.40. The Morgan fingerprint density at radius 1 is 0.956 bits per heavy atom. The van der Waals surface area contributed by atoms with Crippen molar-refractivity contribution in [1.82, 2.24) is 24.0 Å². The number of carbonyl (C=O) groups excluding carboxylic acids is 3. The van der Waals surface area contributed by atoms with Gasteiger partial charge in [-0.05, 0) is 105 Å². The Morgan fingerprint density at radius 2 is 1.75 bits per heavy atom. The molecule has 354 valence electrons. The van der Waals surface area contributed by atoms with Crippen LogP contribution in [0.25, 0.3) is 11.1 Å². The second-order valence-corrected chi connectivity index (χ2v) is 20.5. The zero-order chi connectivity index (χ0) is 47.8. The Balaban J connectivity index is 0.846. The number of aliphatic hydroxyl groups is 1. The molecule has 16 nitrogen and oxygen atoms in total. The number of aliphatic hydroxyl groups excluding tert-OH is 1. The molecule has 68 heavy (non-hydrogen) atoms. The van der Waals surface area contributed by atoms with Gasteiger partial charge in [0.15, 0.2) is 0 Å². The van der Waals surface area contributed by atoms with Crippen molar-refractivity contribution in [3.8, 4) is 11.1 Å². The summed E-state index contributed by atoms with van der Waals surface area (Å²) in [6.07, 6.45) is 10.2. The van der Waals surface area contributed by atoms with Crippen molar-refractivity contribution in [2.24, 2.45) is 12.5 Å². The van der Waals surface area contributed by atoms with Crippen molar-refractivity contribution < 1.29 is 19.5 Å². The van der Waals surface area contributed by atoms with Crippen molar-refractivity contribution in [2.75, 3.05) is 69.9 Å². The predicted molar refractivity (Wildman–Crippen MR) is 266 cm³/mol. The average Bonchev–Trinajstić information content (AvgIpc) is 3.90. The SMILES string of the molecule is C=CC(=O)Nc1cc(Nc2cc(-c3ccnc(N4CCn5c(cc6c5CC(C)(C)C6)C4=O)c3CO)cn(C)c2=O)ncc1N1CCN(C2CCN(c3ccc4c(c3)NC(=O)C4(C)C)CC2)C[C@@H]1C. The van der Waals surface area contributed by atoms with Crippen LogP contribution in [0.4, 0.5) is 40.1 Å². The van der Waals surface area contributed by atoms with Gasteiger partial charge in [0.1, 0.15) is 23.0 Å². The molecule has 0 unspecified atom stereocenters. The topological polar surface area (TPSA) is 173 Å². The summed E-state index contributed by atoms with van der Waals surface area (Å²) in [5.41, 5.74) is 8.82. The van der Waals surface area contributed by atoms with Crippen LogP contribution in [-0.2, 0) is 48.0 Å². The number of hydrogen-bond donors (Lipinski definition) is 4. The van der Waals surface area contributed by atoms with E-state index in [9.17, 15) is 24.3 Å². The molecule has 16 heteroatoms. The van der Waals surface area contributed by atoms with Gasteiger partial charge in [0, 0.05) is 112 Å². The Morgan fingerprint density at radius 3 is 2.50 bits per heavy atom. The smallest absolute Gasteiger partial charge is 0.276 e. The zero-order valence-corrected chi connectivity index (χ0v) is 39.9. The molecule has 0 saturated carbocycles. The lowest BCUT2D eigenvalue weighted by Crippen LogP contribution is -2.57. The Bertz CT molecular complexity index is 2940. The summed E-state index contributed by atoms with van der Waals surface area (Å²) in [7, 11) is 1.66. The van der Waals surface area contributed by atoms with E-state index in [0.29, 0.717) is 58.8 Å². The number of anilines is 7. The summed E-state index contributed by atoms with van der Waals surface area (Å²) >= 11 is 0. The van der Waals surface area contributed by atoms with Gasteiger partial charge in [-0.3, -0.25) is 29.0 Å². The molecule has 2 saturated heterocycles. The molecular formula is C52H61N11O5. The number of piperazine rings is 1. The molecule has 4 aliphatic heterocycles. The number of rotatable bonds is 10. The molecule has 3 amide bonds. The number of pyridine rings is 3. The molecule has 1 aromatic carbocycles. The number of piperidine rings is 1. The average molecular weight is 920 g/mol. The minimum atomic E-state index is -0.522. The molecular weight excluding hydrogens is 859 g/mol. The van der Waals surface area contributed by atoms with Crippen LogP contribution in [-0.4, -0.2) is 98.2 Å². The van der Waals surface area contributed by atoms with Gasteiger partial charge in [0.2, 0.25) is 11.8 Å². The first-order valence-electron chi connectivity index (χ1n) is 23.8. The van der Waals surface area contributed by atoms with Crippen LogP contribution in [0, 0.1) is 5.41 Å². The van der Waals surface area contributed by atoms with Gasteiger partial charge in [0.05, 0.1) is 29.6 Å². The number of benzene rings is 1. The molecule has 5 aromatic rings. The molecule has 10 rings (SSSR count). The Kier molecular flexibility index (Phi) is 11.3. The molecule has 1 atom stereocenters. The lowest BCUT2D eigenvalue weighted by molar-refractivity contribution is -0.119. The van der Waals surface area contributed by atoms with Crippen molar-refractivity contribution in [1.29, 1.82) is 0 Å². The Labute approximate surface area is 396 Å². The maximum atomic E-state index is 14.1. The van der Waals surface area contributed by atoms with Crippen molar-refractivity contribution in [3.05, 3.63) is 112 Å². The molecule has 5 aliphatic rings. The van der Waals surface area contributed by atoms with E-state index in [-0.39, 0.29) is 47.0 Å².